The molecule has 3 nitrogen and oxygen atoms in total. The van der Waals surface area contributed by atoms with Crippen LogP contribution >= 0.6 is 0 Å². The summed E-state index contributed by atoms with van der Waals surface area (Å²) in [7, 11) is 0. The molecule has 0 fully saturated rings. The van der Waals surface area contributed by atoms with Crippen molar-refractivity contribution < 1.29 is 14.2 Å². The Morgan fingerprint density at radius 2 is 2.31 bits per heavy atom. The molecule has 1 unspecified atom stereocenters. The van der Waals surface area contributed by atoms with Crippen molar-refractivity contribution in [2.24, 2.45) is 0 Å². The molecule has 0 bridgehead atoms. The number of aromatic nitrogens is 1. The minimum Gasteiger partial charge on any atom is -0.501 e. The zero-order valence-corrected chi connectivity index (χ0v) is 9.11. The maximum Gasteiger partial charge on any atom is 0.141 e. The summed E-state index contributed by atoms with van der Waals surface area (Å²) in [5, 5.41) is 10.4. The fraction of sp³-hybridized carbons (Fsp3) is 0.417. The van der Waals surface area contributed by atoms with Gasteiger partial charge in [0.25, 0.3) is 0 Å². The second kappa shape index (κ2) is 4.22. The SMILES string of the molecule is CC(O)(C1=COCCC1)c1ccc(F)cn1. The molecule has 1 aromatic heterocycles. The Kier molecular flexibility index (Phi) is 2.92. The topological polar surface area (TPSA) is 42.4 Å². The largest absolute Gasteiger partial charge is 0.501 e. The lowest BCUT2D eigenvalue weighted by Crippen LogP contribution is -2.27. The van der Waals surface area contributed by atoms with Gasteiger partial charge in [0.15, 0.2) is 0 Å². The van der Waals surface area contributed by atoms with Crippen molar-refractivity contribution in [3.63, 3.8) is 0 Å². The van der Waals surface area contributed by atoms with Gasteiger partial charge in [0.2, 0.25) is 0 Å². The minimum absolute atomic E-state index is 0.409. The van der Waals surface area contributed by atoms with E-state index in [1.807, 2.05) is 0 Å². The van der Waals surface area contributed by atoms with E-state index in [4.69, 9.17) is 4.74 Å². The molecule has 1 atom stereocenters. The van der Waals surface area contributed by atoms with Gasteiger partial charge in [0, 0.05) is 5.57 Å². The Balaban J connectivity index is 2.30. The first-order valence-electron chi connectivity index (χ1n) is 5.26. The third-order valence-electron chi connectivity index (χ3n) is 2.79. The zero-order valence-electron chi connectivity index (χ0n) is 9.11. The molecule has 1 aliphatic rings. The summed E-state index contributed by atoms with van der Waals surface area (Å²) < 4.78 is 17.9. The lowest BCUT2D eigenvalue weighted by Gasteiger charge is -2.28. The predicted octanol–water partition coefficient (Wildman–Crippen LogP) is 2.12. The number of nitrogens with zero attached hydrogens (tertiary/aromatic N) is 1. The molecular weight excluding hydrogens is 209 g/mol. The van der Waals surface area contributed by atoms with E-state index >= 15 is 0 Å². The summed E-state index contributed by atoms with van der Waals surface area (Å²) >= 11 is 0. The average Bonchev–Trinajstić information content (AvgIpc) is 2.31. The standard InChI is InChI=1S/C12H14FNO2/c1-12(15,9-3-2-6-16-8-9)11-5-4-10(13)7-14-11/h4-5,7-8,15H,2-3,6H2,1H3. The number of ether oxygens (including phenoxy) is 1. The van der Waals surface area contributed by atoms with Crippen LogP contribution in [0.5, 0.6) is 0 Å². The van der Waals surface area contributed by atoms with Crippen LogP contribution in [0.4, 0.5) is 4.39 Å². The van der Waals surface area contributed by atoms with E-state index in [0.29, 0.717) is 12.3 Å². The molecule has 1 aromatic rings. The summed E-state index contributed by atoms with van der Waals surface area (Å²) in [5.74, 6) is -0.409. The molecule has 0 amide bonds. The first-order chi connectivity index (χ1) is 7.60. The van der Waals surface area contributed by atoms with Gasteiger partial charge >= 0.3 is 0 Å². The van der Waals surface area contributed by atoms with E-state index in [2.05, 4.69) is 4.98 Å². The number of hydrogen-bond acceptors (Lipinski definition) is 3. The number of hydrogen-bond donors (Lipinski definition) is 1. The molecule has 0 spiro atoms. The molecular formula is C12H14FNO2. The van der Waals surface area contributed by atoms with Crippen molar-refractivity contribution in [1.82, 2.24) is 4.98 Å². The molecule has 0 saturated heterocycles. The fourth-order valence-corrected chi connectivity index (χ4v) is 1.75. The van der Waals surface area contributed by atoms with Crippen molar-refractivity contribution in [3.05, 3.63) is 41.7 Å². The van der Waals surface area contributed by atoms with E-state index < -0.39 is 11.4 Å². The Morgan fingerprint density at radius 1 is 1.50 bits per heavy atom. The van der Waals surface area contributed by atoms with Gasteiger partial charge in [0.05, 0.1) is 24.8 Å². The number of pyridine rings is 1. The maximum atomic E-state index is 12.7. The van der Waals surface area contributed by atoms with E-state index in [1.165, 1.54) is 12.1 Å². The van der Waals surface area contributed by atoms with Gasteiger partial charge in [-0.1, -0.05) is 0 Å². The first kappa shape index (κ1) is 11.1. The molecule has 0 saturated carbocycles. The van der Waals surface area contributed by atoms with Gasteiger partial charge in [-0.15, -0.1) is 0 Å². The summed E-state index contributed by atoms with van der Waals surface area (Å²) in [6.45, 7) is 2.32. The van der Waals surface area contributed by atoms with Crippen molar-refractivity contribution in [1.29, 1.82) is 0 Å². The van der Waals surface area contributed by atoms with Crippen LogP contribution in [0.2, 0.25) is 0 Å². The molecule has 0 aliphatic carbocycles. The monoisotopic (exact) mass is 223 g/mol. The fourth-order valence-electron chi connectivity index (χ4n) is 1.75. The van der Waals surface area contributed by atoms with Crippen LogP contribution in [0.1, 0.15) is 25.5 Å². The quantitative estimate of drug-likeness (QED) is 0.835. The van der Waals surface area contributed by atoms with Crippen LogP contribution < -0.4 is 0 Å². The molecule has 1 N–H and O–H groups in total. The zero-order chi connectivity index (χ0) is 11.6. The van der Waals surface area contributed by atoms with Gasteiger partial charge in [-0.25, -0.2) is 4.39 Å². The summed E-state index contributed by atoms with van der Waals surface area (Å²) in [4.78, 5) is 3.90. The highest BCUT2D eigenvalue weighted by molar-refractivity contribution is 5.26. The summed E-state index contributed by atoms with van der Waals surface area (Å²) in [6, 6.07) is 2.78. The van der Waals surface area contributed by atoms with Gasteiger partial charge in [0.1, 0.15) is 11.4 Å². The second-order valence-corrected chi connectivity index (χ2v) is 4.05. The van der Waals surface area contributed by atoms with Crippen molar-refractivity contribution in [2.75, 3.05) is 6.61 Å². The summed E-state index contributed by atoms with van der Waals surface area (Å²) in [5.41, 5.74) is 0.0252. The highest BCUT2D eigenvalue weighted by Gasteiger charge is 2.30. The van der Waals surface area contributed by atoms with E-state index in [0.717, 1.165) is 24.6 Å². The van der Waals surface area contributed by atoms with Gasteiger partial charge in [-0.05, 0) is 31.9 Å². The lowest BCUT2D eigenvalue weighted by molar-refractivity contribution is 0.0743. The second-order valence-electron chi connectivity index (χ2n) is 4.05. The maximum absolute atomic E-state index is 12.7. The van der Waals surface area contributed by atoms with Crippen molar-refractivity contribution in [3.8, 4) is 0 Å². The highest BCUT2D eigenvalue weighted by atomic mass is 19.1. The van der Waals surface area contributed by atoms with Gasteiger partial charge < -0.3 is 9.84 Å². The molecule has 86 valence electrons. The summed E-state index contributed by atoms with van der Waals surface area (Å²) in [6.07, 6.45) is 4.33. The first-order valence-corrected chi connectivity index (χ1v) is 5.26. The Bertz CT molecular complexity index is 398. The average molecular weight is 223 g/mol. The van der Waals surface area contributed by atoms with Crippen LogP contribution in [0.3, 0.4) is 0 Å². The highest BCUT2D eigenvalue weighted by Crippen LogP contribution is 2.32. The lowest BCUT2D eigenvalue weighted by atomic mass is 9.89. The Morgan fingerprint density at radius 3 is 2.88 bits per heavy atom. The smallest absolute Gasteiger partial charge is 0.141 e. The third-order valence-corrected chi connectivity index (χ3v) is 2.79. The van der Waals surface area contributed by atoms with Crippen molar-refractivity contribution >= 4 is 0 Å². The van der Waals surface area contributed by atoms with Crippen LogP contribution in [-0.2, 0) is 10.3 Å². The molecule has 0 aromatic carbocycles. The number of halogens is 1. The van der Waals surface area contributed by atoms with E-state index in [1.54, 1.807) is 13.2 Å². The van der Waals surface area contributed by atoms with Crippen LogP contribution in [-0.4, -0.2) is 16.7 Å². The number of rotatable bonds is 2. The van der Waals surface area contributed by atoms with E-state index in [9.17, 15) is 9.50 Å². The van der Waals surface area contributed by atoms with Gasteiger partial charge in [-0.2, -0.15) is 0 Å². The Hall–Kier alpha value is -1.42. The number of aliphatic hydroxyl groups is 1. The van der Waals surface area contributed by atoms with Crippen LogP contribution in [0, 0.1) is 5.82 Å². The minimum atomic E-state index is -1.19. The molecule has 16 heavy (non-hydrogen) atoms. The van der Waals surface area contributed by atoms with Crippen molar-refractivity contribution in [2.45, 2.75) is 25.4 Å². The Labute approximate surface area is 93.6 Å². The van der Waals surface area contributed by atoms with E-state index in [-0.39, 0.29) is 0 Å². The molecule has 4 heteroatoms. The molecule has 1 aliphatic heterocycles. The molecule has 2 heterocycles. The third kappa shape index (κ3) is 2.07. The molecule has 0 radical (unpaired) electrons. The van der Waals surface area contributed by atoms with Crippen LogP contribution in [0.15, 0.2) is 30.2 Å². The van der Waals surface area contributed by atoms with Gasteiger partial charge in [-0.3, -0.25) is 4.98 Å². The molecule has 2 rings (SSSR count). The predicted molar refractivity (Wildman–Crippen MR) is 57.0 cm³/mol. The normalized spacial score (nSPS) is 19.6. The van der Waals surface area contributed by atoms with Crippen LogP contribution in [0.25, 0.3) is 0 Å².